The molecular formula is C14H14FN3O. The van der Waals surface area contributed by atoms with E-state index < -0.39 is 0 Å². The van der Waals surface area contributed by atoms with Gasteiger partial charge in [0.2, 0.25) is 0 Å². The number of amides is 1. The highest BCUT2D eigenvalue weighted by Crippen LogP contribution is 2.39. The van der Waals surface area contributed by atoms with Gasteiger partial charge in [0.15, 0.2) is 5.69 Å². The Kier molecular flexibility index (Phi) is 2.81. The van der Waals surface area contributed by atoms with Gasteiger partial charge in [-0.2, -0.15) is 5.10 Å². The molecule has 0 saturated heterocycles. The third-order valence-electron chi connectivity index (χ3n) is 3.28. The van der Waals surface area contributed by atoms with E-state index >= 15 is 0 Å². The predicted molar refractivity (Wildman–Crippen MR) is 69.7 cm³/mol. The number of aromatic nitrogens is 2. The monoisotopic (exact) mass is 259 g/mol. The first-order valence-electron chi connectivity index (χ1n) is 6.26. The van der Waals surface area contributed by atoms with Gasteiger partial charge >= 0.3 is 0 Å². The maximum Gasteiger partial charge on any atom is 0.276 e. The van der Waals surface area contributed by atoms with Crippen molar-refractivity contribution in [3.8, 4) is 0 Å². The van der Waals surface area contributed by atoms with Crippen molar-refractivity contribution >= 4 is 11.6 Å². The van der Waals surface area contributed by atoms with Gasteiger partial charge < -0.3 is 5.32 Å². The molecule has 19 heavy (non-hydrogen) atoms. The summed E-state index contributed by atoms with van der Waals surface area (Å²) in [5.41, 5.74) is 2.67. The zero-order valence-corrected chi connectivity index (χ0v) is 10.5. The van der Waals surface area contributed by atoms with Crippen LogP contribution in [0.4, 0.5) is 10.1 Å². The molecular weight excluding hydrogens is 245 g/mol. The molecule has 2 N–H and O–H groups in total. The number of nitrogens with one attached hydrogen (secondary N) is 2. The molecule has 1 saturated carbocycles. The minimum absolute atomic E-state index is 0.280. The van der Waals surface area contributed by atoms with Crippen LogP contribution >= 0.6 is 0 Å². The van der Waals surface area contributed by atoms with Crippen molar-refractivity contribution in [2.45, 2.75) is 25.7 Å². The largest absolute Gasteiger partial charge is 0.320 e. The average molecular weight is 259 g/mol. The summed E-state index contributed by atoms with van der Waals surface area (Å²) in [7, 11) is 0. The van der Waals surface area contributed by atoms with Crippen LogP contribution in [0.1, 0.15) is 40.5 Å². The number of benzene rings is 1. The number of aromatic amines is 1. The second-order valence-corrected chi connectivity index (χ2v) is 4.90. The van der Waals surface area contributed by atoms with E-state index in [-0.39, 0.29) is 11.7 Å². The summed E-state index contributed by atoms with van der Waals surface area (Å²) in [6.07, 6.45) is 2.31. The molecule has 5 heteroatoms. The molecule has 2 aromatic rings. The molecule has 0 radical (unpaired) electrons. The van der Waals surface area contributed by atoms with E-state index in [9.17, 15) is 9.18 Å². The van der Waals surface area contributed by atoms with Crippen LogP contribution in [0.3, 0.4) is 0 Å². The topological polar surface area (TPSA) is 57.8 Å². The molecule has 1 fully saturated rings. The number of rotatable bonds is 3. The lowest BCUT2D eigenvalue weighted by molar-refractivity contribution is 0.102. The van der Waals surface area contributed by atoms with Gasteiger partial charge in [-0.05, 0) is 49.6 Å². The number of hydrogen-bond acceptors (Lipinski definition) is 2. The van der Waals surface area contributed by atoms with E-state index in [4.69, 9.17) is 0 Å². The normalized spacial score (nSPS) is 14.4. The van der Waals surface area contributed by atoms with Crippen LogP contribution < -0.4 is 5.32 Å². The maximum absolute atomic E-state index is 13.0. The Balaban J connectivity index is 1.76. The lowest BCUT2D eigenvalue weighted by atomic mass is 10.2. The van der Waals surface area contributed by atoms with E-state index in [1.165, 1.54) is 12.1 Å². The quantitative estimate of drug-likeness (QED) is 0.890. The fraction of sp³-hybridized carbons (Fsp3) is 0.286. The lowest BCUT2D eigenvalue weighted by Gasteiger charge is -2.06. The number of H-pyrrole nitrogens is 1. The van der Waals surface area contributed by atoms with Gasteiger partial charge in [-0.1, -0.05) is 0 Å². The van der Waals surface area contributed by atoms with Crippen LogP contribution in [0.5, 0.6) is 0 Å². The summed E-state index contributed by atoms with van der Waals surface area (Å²) in [6.45, 7) is 1.75. The third-order valence-corrected chi connectivity index (χ3v) is 3.28. The first-order chi connectivity index (χ1) is 9.13. The van der Waals surface area contributed by atoms with Crippen LogP contribution in [-0.2, 0) is 0 Å². The smallest absolute Gasteiger partial charge is 0.276 e. The molecule has 98 valence electrons. The van der Waals surface area contributed by atoms with Crippen LogP contribution in [0.25, 0.3) is 0 Å². The Morgan fingerprint density at radius 2 is 2.21 bits per heavy atom. The van der Waals surface area contributed by atoms with Gasteiger partial charge in [0.05, 0.1) is 0 Å². The molecule has 0 spiro atoms. The zero-order valence-electron chi connectivity index (χ0n) is 10.5. The molecule has 3 rings (SSSR count). The van der Waals surface area contributed by atoms with Crippen molar-refractivity contribution in [2.24, 2.45) is 0 Å². The summed E-state index contributed by atoms with van der Waals surface area (Å²) in [6, 6.07) is 6.04. The second-order valence-electron chi connectivity index (χ2n) is 4.90. The summed E-state index contributed by atoms with van der Waals surface area (Å²) in [5, 5.41) is 9.64. The van der Waals surface area contributed by atoms with Gasteiger partial charge in [0, 0.05) is 17.3 Å². The minimum atomic E-state index is -0.314. The SMILES string of the molecule is Cc1cc(F)ccc1NC(=O)c1cc(C2CC2)[nH]n1. The summed E-state index contributed by atoms with van der Waals surface area (Å²) in [5.74, 6) is -0.0641. The molecule has 1 aromatic heterocycles. The third kappa shape index (κ3) is 2.50. The van der Waals surface area contributed by atoms with Crippen LogP contribution in [0.15, 0.2) is 24.3 Å². The fourth-order valence-corrected chi connectivity index (χ4v) is 2.01. The lowest BCUT2D eigenvalue weighted by Crippen LogP contribution is -2.13. The molecule has 1 aromatic carbocycles. The van der Waals surface area contributed by atoms with Crippen molar-refractivity contribution in [2.75, 3.05) is 5.32 Å². The Morgan fingerprint density at radius 1 is 1.42 bits per heavy atom. The van der Waals surface area contributed by atoms with E-state index in [1.807, 2.05) is 0 Å². The number of carbonyl (C=O) groups excluding carboxylic acids is 1. The highest BCUT2D eigenvalue weighted by Gasteiger charge is 2.26. The highest BCUT2D eigenvalue weighted by molar-refractivity contribution is 6.03. The van der Waals surface area contributed by atoms with Crippen LogP contribution in [-0.4, -0.2) is 16.1 Å². The van der Waals surface area contributed by atoms with Crippen molar-refractivity contribution in [1.82, 2.24) is 10.2 Å². The molecule has 1 heterocycles. The number of nitrogens with zero attached hydrogens (tertiary/aromatic N) is 1. The second kappa shape index (κ2) is 4.50. The van der Waals surface area contributed by atoms with E-state index in [1.54, 1.807) is 19.1 Å². The Bertz CT molecular complexity index is 631. The fourth-order valence-electron chi connectivity index (χ4n) is 2.01. The number of carbonyl (C=O) groups is 1. The first kappa shape index (κ1) is 11.9. The molecule has 1 aliphatic rings. The van der Waals surface area contributed by atoms with E-state index in [2.05, 4.69) is 15.5 Å². The van der Waals surface area contributed by atoms with Gasteiger partial charge in [0.1, 0.15) is 5.82 Å². The van der Waals surface area contributed by atoms with E-state index in [0.29, 0.717) is 22.9 Å². The van der Waals surface area contributed by atoms with Gasteiger partial charge in [-0.25, -0.2) is 4.39 Å². The Labute approximate surface area is 110 Å². The standard InChI is InChI=1S/C14H14FN3O/c1-8-6-10(15)4-5-11(8)16-14(19)13-7-12(17-18-13)9-2-3-9/h4-7,9H,2-3H2,1H3,(H,16,19)(H,17,18). The molecule has 0 atom stereocenters. The van der Waals surface area contributed by atoms with Gasteiger partial charge in [-0.3, -0.25) is 9.89 Å². The summed E-state index contributed by atoms with van der Waals surface area (Å²) in [4.78, 5) is 12.0. The van der Waals surface area contributed by atoms with Gasteiger partial charge in [-0.15, -0.1) is 0 Å². The molecule has 4 nitrogen and oxygen atoms in total. The van der Waals surface area contributed by atoms with Crippen molar-refractivity contribution in [3.05, 3.63) is 47.0 Å². The number of hydrogen-bond donors (Lipinski definition) is 2. The zero-order chi connectivity index (χ0) is 13.4. The Morgan fingerprint density at radius 3 is 2.89 bits per heavy atom. The molecule has 0 unspecified atom stereocenters. The minimum Gasteiger partial charge on any atom is -0.320 e. The van der Waals surface area contributed by atoms with Gasteiger partial charge in [0.25, 0.3) is 5.91 Å². The van der Waals surface area contributed by atoms with Crippen molar-refractivity contribution in [1.29, 1.82) is 0 Å². The Hall–Kier alpha value is -2.17. The number of halogens is 1. The first-order valence-corrected chi connectivity index (χ1v) is 6.26. The van der Waals surface area contributed by atoms with Crippen LogP contribution in [0.2, 0.25) is 0 Å². The van der Waals surface area contributed by atoms with E-state index in [0.717, 1.165) is 18.5 Å². The predicted octanol–water partition coefficient (Wildman–Crippen LogP) is 2.99. The van der Waals surface area contributed by atoms with Crippen LogP contribution in [0, 0.1) is 12.7 Å². The molecule has 1 amide bonds. The maximum atomic E-state index is 13.0. The number of anilines is 1. The van der Waals surface area contributed by atoms with Crippen molar-refractivity contribution in [3.63, 3.8) is 0 Å². The highest BCUT2D eigenvalue weighted by atomic mass is 19.1. The summed E-state index contributed by atoms with van der Waals surface area (Å²) < 4.78 is 13.0. The molecule has 1 aliphatic carbocycles. The molecule has 0 aliphatic heterocycles. The van der Waals surface area contributed by atoms with Crippen molar-refractivity contribution < 1.29 is 9.18 Å². The summed E-state index contributed by atoms with van der Waals surface area (Å²) >= 11 is 0. The molecule has 0 bridgehead atoms. The number of aryl methyl sites for hydroxylation is 1. The average Bonchev–Trinajstić information content (AvgIpc) is 3.10.